The van der Waals surface area contributed by atoms with Crippen LogP contribution in [-0.4, -0.2) is 8.07 Å². The Morgan fingerprint density at radius 3 is 2.27 bits per heavy atom. The molecule has 0 spiro atoms. The van der Waals surface area contributed by atoms with E-state index in [4.69, 9.17) is 0 Å². The Morgan fingerprint density at radius 2 is 1.50 bits per heavy atom. The van der Waals surface area contributed by atoms with Crippen molar-refractivity contribution in [3.05, 3.63) is 72.3 Å². The van der Waals surface area contributed by atoms with Gasteiger partial charge in [-0.2, -0.15) is 4.57 Å². The van der Waals surface area contributed by atoms with Gasteiger partial charge in [0.15, 0.2) is 0 Å². The summed E-state index contributed by atoms with van der Waals surface area (Å²) in [4.78, 5) is 0. The van der Waals surface area contributed by atoms with Crippen LogP contribution in [0.4, 0.5) is 0 Å². The lowest BCUT2D eigenvalue weighted by atomic mass is 9.97. The summed E-state index contributed by atoms with van der Waals surface area (Å²) >= 11 is 0. The number of hydrogen-bond acceptors (Lipinski definition) is 0. The van der Waals surface area contributed by atoms with E-state index in [-0.39, 0.29) is 0 Å². The first-order chi connectivity index (χ1) is 12.4. The van der Waals surface area contributed by atoms with Crippen LogP contribution in [0.25, 0.3) is 32.9 Å². The summed E-state index contributed by atoms with van der Waals surface area (Å²) in [7, 11) is 0.887. The Balaban J connectivity index is 1.93. The Bertz CT molecular complexity index is 1140. The molecule has 0 radical (unpaired) electrons. The summed E-state index contributed by atoms with van der Waals surface area (Å²) in [5, 5.41) is 5.48. The fraction of sp³-hybridized carbons (Fsp3) is 0.208. The van der Waals surface area contributed by atoms with Gasteiger partial charge in [-0.15, -0.1) is 0 Å². The molecule has 0 amide bonds. The number of hydrogen-bond donors (Lipinski definition) is 0. The van der Waals surface area contributed by atoms with Crippen LogP contribution in [0, 0.1) is 6.92 Å². The highest BCUT2D eigenvalue weighted by atomic mass is 28.3. The highest BCUT2D eigenvalue weighted by Gasteiger charge is 2.20. The average Bonchev–Trinajstić information content (AvgIpc) is 2.62. The Kier molecular flexibility index (Phi) is 3.96. The van der Waals surface area contributed by atoms with Crippen molar-refractivity contribution in [2.24, 2.45) is 7.05 Å². The van der Waals surface area contributed by atoms with Crippen molar-refractivity contribution in [1.82, 2.24) is 0 Å². The summed E-state index contributed by atoms with van der Waals surface area (Å²) in [5.74, 6) is 0. The number of aryl methyl sites for hydroxylation is 2. The summed E-state index contributed by atoms with van der Waals surface area (Å²) in [5.41, 5.74) is 5.21. The molecule has 0 fully saturated rings. The van der Waals surface area contributed by atoms with E-state index in [1.165, 1.54) is 43.7 Å². The fourth-order valence-electron chi connectivity index (χ4n) is 3.85. The van der Waals surface area contributed by atoms with E-state index < -0.39 is 8.07 Å². The van der Waals surface area contributed by atoms with Crippen LogP contribution in [0.2, 0.25) is 19.6 Å². The molecule has 0 aliphatic rings. The minimum Gasteiger partial charge on any atom is -0.194 e. The van der Waals surface area contributed by atoms with Crippen LogP contribution >= 0.6 is 0 Å². The topological polar surface area (TPSA) is 3.88 Å². The van der Waals surface area contributed by atoms with Crippen molar-refractivity contribution in [1.29, 1.82) is 0 Å². The van der Waals surface area contributed by atoms with E-state index in [0.29, 0.717) is 0 Å². The SMILES string of the molecule is Cc1c(-c2ccc3cc([Si](C)(C)C)ccc3[n+]2C)ccc2ccccc12. The molecule has 0 aliphatic carbocycles. The lowest BCUT2D eigenvalue weighted by molar-refractivity contribution is -0.633. The number of pyridine rings is 1. The minimum atomic E-state index is -1.29. The Morgan fingerprint density at radius 1 is 0.769 bits per heavy atom. The number of nitrogens with zero attached hydrogens (tertiary/aromatic N) is 1. The van der Waals surface area contributed by atoms with E-state index >= 15 is 0 Å². The van der Waals surface area contributed by atoms with Gasteiger partial charge in [0.2, 0.25) is 11.2 Å². The highest BCUT2D eigenvalue weighted by molar-refractivity contribution is 6.88. The Hall–Kier alpha value is -2.45. The summed E-state index contributed by atoms with van der Waals surface area (Å²) in [6.07, 6.45) is 0. The maximum absolute atomic E-state index is 2.40. The molecule has 0 N–H and O–H groups in total. The lowest BCUT2D eigenvalue weighted by Crippen LogP contribution is -2.38. The normalized spacial score (nSPS) is 12.0. The maximum atomic E-state index is 2.40. The summed E-state index contributed by atoms with van der Waals surface area (Å²) in [6.45, 7) is 9.44. The van der Waals surface area contributed by atoms with Crippen molar-refractivity contribution in [2.45, 2.75) is 26.6 Å². The first kappa shape index (κ1) is 17.0. The minimum absolute atomic E-state index is 1.27. The van der Waals surface area contributed by atoms with E-state index in [2.05, 4.69) is 105 Å². The Labute approximate surface area is 156 Å². The molecule has 0 aliphatic heterocycles. The fourth-order valence-corrected chi connectivity index (χ4v) is 5.02. The van der Waals surface area contributed by atoms with Crippen LogP contribution < -0.4 is 9.75 Å². The zero-order chi connectivity index (χ0) is 18.5. The lowest BCUT2D eigenvalue weighted by Gasteiger charge is -2.17. The van der Waals surface area contributed by atoms with E-state index in [1.807, 2.05) is 0 Å². The monoisotopic (exact) mass is 356 g/mol. The summed E-state index contributed by atoms with van der Waals surface area (Å²) in [6, 6.07) is 24.7. The van der Waals surface area contributed by atoms with Crippen molar-refractivity contribution in [3.8, 4) is 11.3 Å². The molecule has 0 atom stereocenters. The molecule has 3 aromatic carbocycles. The van der Waals surface area contributed by atoms with Gasteiger partial charge in [-0.3, -0.25) is 0 Å². The number of rotatable bonds is 2. The van der Waals surface area contributed by atoms with Crippen molar-refractivity contribution in [3.63, 3.8) is 0 Å². The van der Waals surface area contributed by atoms with Gasteiger partial charge in [0, 0.05) is 23.1 Å². The van der Waals surface area contributed by atoms with Crippen molar-refractivity contribution < 1.29 is 4.57 Å². The van der Waals surface area contributed by atoms with Crippen LogP contribution in [-0.2, 0) is 7.05 Å². The van der Waals surface area contributed by atoms with Gasteiger partial charge in [0.25, 0.3) is 0 Å². The third kappa shape index (κ3) is 2.75. The second kappa shape index (κ2) is 6.06. The molecule has 0 bridgehead atoms. The molecule has 2 heteroatoms. The van der Waals surface area contributed by atoms with Gasteiger partial charge in [-0.05, 0) is 41.5 Å². The largest absolute Gasteiger partial charge is 0.213 e. The average molecular weight is 357 g/mol. The standard InChI is InChI=1S/C24H26NSi/c1-17-21-9-7-6-8-18(21)10-13-22(17)24-14-11-19-16-20(26(3,4)5)12-15-23(19)25(24)2/h6-16H,1-5H3/q+1. The number of benzene rings is 3. The zero-order valence-corrected chi connectivity index (χ0v) is 17.3. The zero-order valence-electron chi connectivity index (χ0n) is 16.3. The summed E-state index contributed by atoms with van der Waals surface area (Å²) < 4.78 is 2.33. The van der Waals surface area contributed by atoms with E-state index in [9.17, 15) is 0 Å². The smallest absolute Gasteiger partial charge is 0.194 e. The molecular weight excluding hydrogens is 330 g/mol. The molecule has 1 nitrogen and oxygen atoms in total. The molecule has 1 heterocycles. The van der Waals surface area contributed by atoms with Crippen LogP contribution in [0.15, 0.2) is 66.7 Å². The predicted molar refractivity (Wildman–Crippen MR) is 116 cm³/mol. The quantitative estimate of drug-likeness (QED) is 0.337. The second-order valence-corrected chi connectivity index (χ2v) is 13.3. The van der Waals surface area contributed by atoms with E-state index in [1.54, 1.807) is 0 Å². The molecular formula is C24H26NSi+. The van der Waals surface area contributed by atoms with Gasteiger partial charge in [0.1, 0.15) is 7.05 Å². The molecule has 4 aromatic rings. The highest BCUT2D eigenvalue weighted by Crippen LogP contribution is 2.28. The van der Waals surface area contributed by atoms with Gasteiger partial charge in [0.05, 0.1) is 8.07 Å². The van der Waals surface area contributed by atoms with Gasteiger partial charge in [-0.25, -0.2) is 0 Å². The molecule has 0 saturated heterocycles. The van der Waals surface area contributed by atoms with Crippen molar-refractivity contribution >= 4 is 34.9 Å². The first-order valence-corrected chi connectivity index (χ1v) is 12.8. The molecule has 1 aromatic heterocycles. The first-order valence-electron chi connectivity index (χ1n) is 9.28. The molecule has 26 heavy (non-hydrogen) atoms. The molecule has 130 valence electrons. The third-order valence-corrected chi connectivity index (χ3v) is 7.55. The third-order valence-electron chi connectivity index (χ3n) is 5.51. The molecule has 4 rings (SSSR count). The van der Waals surface area contributed by atoms with Gasteiger partial charge >= 0.3 is 0 Å². The van der Waals surface area contributed by atoms with Crippen LogP contribution in [0.1, 0.15) is 5.56 Å². The molecule has 0 saturated carbocycles. The van der Waals surface area contributed by atoms with Gasteiger partial charge < -0.3 is 0 Å². The van der Waals surface area contributed by atoms with Crippen LogP contribution in [0.3, 0.4) is 0 Å². The van der Waals surface area contributed by atoms with Gasteiger partial charge in [-0.1, -0.05) is 61.2 Å². The molecule has 0 unspecified atom stereocenters. The van der Waals surface area contributed by atoms with E-state index in [0.717, 1.165) is 0 Å². The second-order valence-electron chi connectivity index (χ2n) is 8.26. The number of aromatic nitrogens is 1. The van der Waals surface area contributed by atoms with Crippen LogP contribution in [0.5, 0.6) is 0 Å². The predicted octanol–water partition coefficient (Wildman–Crippen LogP) is 5.34. The maximum Gasteiger partial charge on any atom is 0.213 e. The van der Waals surface area contributed by atoms with Crippen molar-refractivity contribution in [2.75, 3.05) is 0 Å². The number of fused-ring (bicyclic) bond motifs is 2.